The lowest BCUT2D eigenvalue weighted by molar-refractivity contribution is -0.167. The second-order valence-corrected chi connectivity index (χ2v) is 19.2. The Hall–Kier alpha value is -3.67. The van der Waals surface area contributed by atoms with Crippen molar-refractivity contribution >= 4 is 17.9 Å². The normalized spacial score (nSPS) is 12.8. The fourth-order valence-electron chi connectivity index (χ4n) is 7.91. The van der Waals surface area contributed by atoms with Crippen molar-refractivity contribution in [1.82, 2.24) is 0 Å². The largest absolute Gasteiger partial charge is 0.462 e. The molecule has 6 nitrogen and oxygen atoms in total. The minimum Gasteiger partial charge on any atom is -0.462 e. The molecule has 70 heavy (non-hydrogen) atoms. The second-order valence-electron chi connectivity index (χ2n) is 19.2. The van der Waals surface area contributed by atoms with Crippen LogP contribution in [0.5, 0.6) is 0 Å². The van der Waals surface area contributed by atoms with Crippen LogP contribution in [0, 0.1) is 0 Å². The van der Waals surface area contributed by atoms with Gasteiger partial charge in [-0.25, -0.2) is 0 Å². The van der Waals surface area contributed by atoms with Gasteiger partial charge in [-0.05, 0) is 122 Å². The maximum atomic E-state index is 12.9. The van der Waals surface area contributed by atoms with Crippen molar-refractivity contribution in [2.24, 2.45) is 0 Å². The first-order chi connectivity index (χ1) is 34.5. The highest BCUT2D eigenvalue weighted by Crippen LogP contribution is 2.14. The summed E-state index contributed by atoms with van der Waals surface area (Å²) < 4.78 is 16.8. The van der Waals surface area contributed by atoms with E-state index in [1.54, 1.807) is 0 Å². The molecule has 0 saturated carbocycles. The summed E-state index contributed by atoms with van der Waals surface area (Å²) in [5.41, 5.74) is 0. The summed E-state index contributed by atoms with van der Waals surface area (Å²) in [6.07, 6.45) is 76.8. The summed E-state index contributed by atoms with van der Waals surface area (Å²) in [5.74, 6) is -0.936. The maximum Gasteiger partial charge on any atom is 0.306 e. The van der Waals surface area contributed by atoms with Gasteiger partial charge in [0.1, 0.15) is 13.2 Å². The Labute approximate surface area is 432 Å². The summed E-state index contributed by atoms with van der Waals surface area (Å²) >= 11 is 0. The van der Waals surface area contributed by atoms with Gasteiger partial charge in [0.25, 0.3) is 0 Å². The molecule has 0 rings (SSSR count). The number of ether oxygens (including phenoxy) is 3. The molecular weight excluding hydrogens is 865 g/mol. The molecule has 0 bridgehead atoms. The minimum atomic E-state index is -0.800. The summed E-state index contributed by atoms with van der Waals surface area (Å²) in [5, 5.41) is 0. The van der Waals surface area contributed by atoms with E-state index in [0.29, 0.717) is 19.3 Å². The SMILES string of the molecule is CC/C=C\C/C=C\C/C=C\CCCCCCCC(=O)OCC(COC(=O)CCCCCCCC/C=C\C/C=C\C/C=C\CCCCCCC)OC(=O)CCCCCCC/C=C\C/C=C\CCCCCC. The summed E-state index contributed by atoms with van der Waals surface area (Å²) in [7, 11) is 0. The van der Waals surface area contributed by atoms with E-state index in [2.05, 4.69) is 118 Å². The van der Waals surface area contributed by atoms with Crippen molar-refractivity contribution in [1.29, 1.82) is 0 Å². The van der Waals surface area contributed by atoms with Gasteiger partial charge in [-0.3, -0.25) is 14.4 Å². The van der Waals surface area contributed by atoms with Gasteiger partial charge in [0.2, 0.25) is 0 Å². The number of rotatable bonds is 52. The third-order valence-corrected chi connectivity index (χ3v) is 12.3. The Bertz CT molecular complexity index is 1400. The molecule has 0 fully saturated rings. The van der Waals surface area contributed by atoms with Crippen LogP contribution < -0.4 is 0 Å². The third kappa shape index (κ3) is 55.3. The van der Waals surface area contributed by atoms with Gasteiger partial charge in [-0.2, -0.15) is 0 Å². The fourth-order valence-corrected chi connectivity index (χ4v) is 7.91. The van der Waals surface area contributed by atoms with E-state index in [0.717, 1.165) is 141 Å². The van der Waals surface area contributed by atoms with Gasteiger partial charge >= 0.3 is 17.9 Å². The van der Waals surface area contributed by atoms with Crippen LogP contribution in [0.4, 0.5) is 0 Å². The zero-order valence-electron chi connectivity index (χ0n) is 45.8. The quantitative estimate of drug-likeness (QED) is 0.0262. The van der Waals surface area contributed by atoms with Crippen LogP contribution >= 0.6 is 0 Å². The molecule has 0 radical (unpaired) electrons. The molecule has 0 aromatic rings. The average Bonchev–Trinajstić information content (AvgIpc) is 3.36. The van der Waals surface area contributed by atoms with E-state index < -0.39 is 6.10 Å². The first-order valence-corrected chi connectivity index (χ1v) is 29.2. The van der Waals surface area contributed by atoms with E-state index in [4.69, 9.17) is 14.2 Å². The molecule has 400 valence electrons. The smallest absolute Gasteiger partial charge is 0.306 e. The monoisotopic (exact) mass is 973 g/mol. The Morgan fingerprint density at radius 1 is 0.300 bits per heavy atom. The zero-order valence-corrected chi connectivity index (χ0v) is 45.8. The minimum absolute atomic E-state index is 0.0965. The molecule has 0 aromatic heterocycles. The van der Waals surface area contributed by atoms with Crippen LogP contribution in [0.2, 0.25) is 0 Å². The van der Waals surface area contributed by atoms with Crippen LogP contribution in [-0.4, -0.2) is 37.2 Å². The Morgan fingerprint density at radius 2 is 0.557 bits per heavy atom. The van der Waals surface area contributed by atoms with Crippen LogP contribution in [0.15, 0.2) is 97.2 Å². The predicted molar refractivity (Wildman–Crippen MR) is 302 cm³/mol. The second kappa shape index (κ2) is 57.9. The molecule has 0 aliphatic carbocycles. The maximum absolute atomic E-state index is 12.9. The van der Waals surface area contributed by atoms with Crippen LogP contribution in [0.1, 0.15) is 271 Å². The highest BCUT2D eigenvalue weighted by molar-refractivity contribution is 5.71. The van der Waals surface area contributed by atoms with Crippen LogP contribution in [-0.2, 0) is 28.6 Å². The molecule has 0 amide bonds. The third-order valence-electron chi connectivity index (χ3n) is 12.3. The summed E-state index contributed by atoms with van der Waals surface area (Å²) in [4.78, 5) is 38.2. The lowest BCUT2D eigenvalue weighted by atomic mass is 10.1. The topological polar surface area (TPSA) is 78.9 Å². The Balaban J connectivity index is 4.44. The Morgan fingerprint density at radius 3 is 0.886 bits per heavy atom. The predicted octanol–water partition coefficient (Wildman–Crippen LogP) is 19.7. The molecule has 1 unspecified atom stereocenters. The summed E-state index contributed by atoms with van der Waals surface area (Å²) in [6, 6.07) is 0. The zero-order chi connectivity index (χ0) is 50.7. The first-order valence-electron chi connectivity index (χ1n) is 29.2. The van der Waals surface area contributed by atoms with Crippen molar-refractivity contribution in [3.63, 3.8) is 0 Å². The number of hydrogen-bond donors (Lipinski definition) is 0. The molecular formula is C64H108O6. The average molecular weight is 974 g/mol. The van der Waals surface area contributed by atoms with Crippen molar-refractivity contribution in [2.45, 2.75) is 277 Å². The van der Waals surface area contributed by atoms with Crippen molar-refractivity contribution in [2.75, 3.05) is 13.2 Å². The first kappa shape index (κ1) is 66.3. The number of unbranched alkanes of at least 4 members (excludes halogenated alkanes) is 25. The van der Waals surface area contributed by atoms with Crippen LogP contribution in [0.3, 0.4) is 0 Å². The molecule has 0 aliphatic heterocycles. The standard InChI is InChI=1S/C64H108O6/c1-4-7-10-13-16-19-22-25-28-30-31-32-33-34-37-39-42-45-48-51-54-57-63(66)69-60-61(59-68-62(65)56-53-50-47-44-41-38-35-27-24-21-18-15-12-9-6-3)70-64(67)58-55-52-49-46-43-40-36-29-26-23-20-17-14-11-8-5-2/h9,12,18,20-23,25,27,29-31,33-36,61H,4-8,10-11,13-17,19,24,26,28,32,37-60H2,1-3H3/b12-9-,21-18-,23-20-,25-22-,31-30-,34-33-,35-27-,36-29-. The van der Waals surface area contributed by atoms with Crippen molar-refractivity contribution < 1.29 is 28.6 Å². The highest BCUT2D eigenvalue weighted by atomic mass is 16.6. The molecule has 1 atom stereocenters. The molecule has 6 heteroatoms. The van der Waals surface area contributed by atoms with Crippen LogP contribution in [0.25, 0.3) is 0 Å². The Kier molecular flexibility index (Phi) is 54.9. The van der Waals surface area contributed by atoms with Gasteiger partial charge in [0.05, 0.1) is 0 Å². The van der Waals surface area contributed by atoms with E-state index in [-0.39, 0.29) is 31.1 Å². The number of carbonyl (C=O) groups is 3. The number of hydrogen-bond acceptors (Lipinski definition) is 6. The molecule has 0 N–H and O–H groups in total. The molecule has 0 aromatic carbocycles. The van der Waals surface area contributed by atoms with Gasteiger partial charge in [-0.15, -0.1) is 0 Å². The van der Waals surface area contributed by atoms with Gasteiger partial charge in [0, 0.05) is 19.3 Å². The van der Waals surface area contributed by atoms with Gasteiger partial charge in [-0.1, -0.05) is 227 Å². The molecule has 0 saturated heterocycles. The fraction of sp³-hybridized carbons (Fsp3) is 0.703. The highest BCUT2D eigenvalue weighted by Gasteiger charge is 2.19. The summed E-state index contributed by atoms with van der Waals surface area (Å²) in [6.45, 7) is 6.47. The lowest BCUT2D eigenvalue weighted by Gasteiger charge is -2.18. The van der Waals surface area contributed by atoms with E-state index in [9.17, 15) is 14.4 Å². The number of allylic oxidation sites excluding steroid dienone is 16. The molecule has 0 spiro atoms. The van der Waals surface area contributed by atoms with E-state index in [1.165, 1.54) is 89.9 Å². The van der Waals surface area contributed by atoms with E-state index >= 15 is 0 Å². The van der Waals surface area contributed by atoms with Gasteiger partial charge in [0.15, 0.2) is 6.10 Å². The molecule has 0 heterocycles. The van der Waals surface area contributed by atoms with Gasteiger partial charge < -0.3 is 14.2 Å². The number of esters is 3. The van der Waals surface area contributed by atoms with E-state index in [1.807, 2.05) is 0 Å². The lowest BCUT2D eigenvalue weighted by Crippen LogP contribution is -2.30. The molecule has 0 aliphatic rings. The van der Waals surface area contributed by atoms with Crippen molar-refractivity contribution in [3.05, 3.63) is 97.2 Å². The number of carbonyl (C=O) groups excluding carboxylic acids is 3. The van der Waals surface area contributed by atoms with Crippen molar-refractivity contribution in [3.8, 4) is 0 Å².